The van der Waals surface area contributed by atoms with Crippen molar-refractivity contribution in [1.29, 1.82) is 0 Å². The first-order valence-corrected chi connectivity index (χ1v) is 3.14. The van der Waals surface area contributed by atoms with Crippen LogP contribution in [-0.4, -0.2) is 37.9 Å². The number of hydrogen-bond acceptors (Lipinski definition) is 3. The Morgan fingerprint density at radius 1 is 1.73 bits per heavy atom. The lowest BCUT2D eigenvalue weighted by atomic mass is 9.83. The van der Waals surface area contributed by atoms with Crippen molar-refractivity contribution in [3.8, 4) is 0 Å². The lowest BCUT2D eigenvalue weighted by Crippen LogP contribution is -2.60. The summed E-state index contributed by atoms with van der Waals surface area (Å²) in [6.45, 7) is 1.35. The fourth-order valence-electron chi connectivity index (χ4n) is 1.02. The molecule has 4 nitrogen and oxygen atoms in total. The molecule has 0 radical (unpaired) electrons. The average molecular weight is 182 g/mol. The number of carboxylic acid groups (broad SMARTS) is 1. The molecule has 0 atom stereocenters. The van der Waals surface area contributed by atoms with Crippen LogP contribution in [0.2, 0.25) is 0 Å². The number of aliphatic carboxylic acids is 1. The van der Waals surface area contributed by atoms with E-state index in [4.69, 9.17) is 9.84 Å². The van der Waals surface area contributed by atoms with Gasteiger partial charge >= 0.3 is 5.97 Å². The molecular formula is C6H12ClNO3. The van der Waals surface area contributed by atoms with E-state index in [1.165, 1.54) is 7.11 Å². The first-order chi connectivity index (χ1) is 4.71. The van der Waals surface area contributed by atoms with Crippen molar-refractivity contribution in [2.75, 3.05) is 26.8 Å². The summed E-state index contributed by atoms with van der Waals surface area (Å²) in [4.78, 5) is 10.6. The summed E-state index contributed by atoms with van der Waals surface area (Å²) in [6, 6.07) is 0. The Morgan fingerprint density at radius 3 is 2.36 bits per heavy atom. The molecule has 1 fully saturated rings. The number of hydrogen-bond donors (Lipinski definition) is 2. The van der Waals surface area contributed by atoms with Crippen LogP contribution < -0.4 is 5.32 Å². The number of methoxy groups -OCH3 is 1. The first-order valence-electron chi connectivity index (χ1n) is 3.14. The first kappa shape index (κ1) is 10.7. The van der Waals surface area contributed by atoms with Crippen LogP contribution in [0.1, 0.15) is 0 Å². The van der Waals surface area contributed by atoms with Gasteiger partial charge in [-0.15, -0.1) is 12.4 Å². The van der Waals surface area contributed by atoms with Crippen molar-refractivity contribution < 1.29 is 14.6 Å². The SMILES string of the molecule is COCC1(C(=O)O)CNC1.Cl. The second kappa shape index (κ2) is 3.90. The maximum Gasteiger partial charge on any atom is 0.314 e. The topological polar surface area (TPSA) is 58.6 Å². The molecule has 0 saturated carbocycles. The molecule has 1 heterocycles. The highest BCUT2D eigenvalue weighted by atomic mass is 35.5. The molecule has 1 aliphatic heterocycles. The average Bonchev–Trinajstić information content (AvgIpc) is 1.77. The molecular weight excluding hydrogens is 170 g/mol. The zero-order valence-electron chi connectivity index (χ0n) is 6.29. The van der Waals surface area contributed by atoms with Gasteiger partial charge in [-0.2, -0.15) is 0 Å². The van der Waals surface area contributed by atoms with Crippen molar-refractivity contribution in [2.24, 2.45) is 5.41 Å². The van der Waals surface area contributed by atoms with Gasteiger partial charge in [0, 0.05) is 20.2 Å². The van der Waals surface area contributed by atoms with Crippen molar-refractivity contribution in [3.63, 3.8) is 0 Å². The third kappa shape index (κ3) is 1.83. The highest BCUT2D eigenvalue weighted by Gasteiger charge is 2.44. The molecule has 66 valence electrons. The lowest BCUT2D eigenvalue weighted by Gasteiger charge is -2.37. The predicted molar refractivity (Wildman–Crippen MR) is 42.1 cm³/mol. The van der Waals surface area contributed by atoms with Crippen LogP contribution in [0.5, 0.6) is 0 Å². The maximum atomic E-state index is 10.6. The lowest BCUT2D eigenvalue weighted by molar-refractivity contribution is -0.156. The molecule has 1 rings (SSSR count). The minimum Gasteiger partial charge on any atom is -0.481 e. The second-order valence-electron chi connectivity index (χ2n) is 2.62. The van der Waals surface area contributed by atoms with Crippen LogP contribution in [0.15, 0.2) is 0 Å². The standard InChI is InChI=1S/C6H11NO3.ClH/c1-10-4-6(5(8)9)2-7-3-6;/h7H,2-4H2,1H3,(H,8,9);1H. The van der Waals surface area contributed by atoms with E-state index in [0.717, 1.165) is 0 Å². The number of carboxylic acids is 1. The van der Waals surface area contributed by atoms with E-state index in [-0.39, 0.29) is 12.4 Å². The Labute approximate surface area is 71.3 Å². The molecule has 2 N–H and O–H groups in total. The Hall–Kier alpha value is -0.320. The summed E-state index contributed by atoms with van der Waals surface area (Å²) >= 11 is 0. The van der Waals surface area contributed by atoms with Gasteiger partial charge in [0.25, 0.3) is 0 Å². The highest BCUT2D eigenvalue weighted by Crippen LogP contribution is 2.22. The van der Waals surface area contributed by atoms with Crippen LogP contribution in [-0.2, 0) is 9.53 Å². The summed E-state index contributed by atoms with van der Waals surface area (Å²) in [5, 5.41) is 11.6. The molecule has 5 heteroatoms. The van der Waals surface area contributed by atoms with Gasteiger partial charge in [0.15, 0.2) is 0 Å². The largest absolute Gasteiger partial charge is 0.481 e. The summed E-state index contributed by atoms with van der Waals surface area (Å²) in [6.07, 6.45) is 0. The van der Waals surface area contributed by atoms with Gasteiger partial charge < -0.3 is 15.2 Å². The molecule has 0 unspecified atom stereocenters. The summed E-state index contributed by atoms with van der Waals surface area (Å²) in [5.74, 6) is -0.770. The van der Waals surface area contributed by atoms with E-state index < -0.39 is 11.4 Å². The molecule has 1 aliphatic rings. The van der Waals surface area contributed by atoms with Crippen LogP contribution >= 0.6 is 12.4 Å². The predicted octanol–water partition coefficient (Wildman–Crippen LogP) is -0.271. The van der Waals surface area contributed by atoms with Gasteiger partial charge in [0.05, 0.1) is 6.61 Å². The minimum absolute atomic E-state index is 0. The monoisotopic (exact) mass is 181 g/mol. The normalized spacial score (nSPS) is 19.7. The van der Waals surface area contributed by atoms with E-state index in [2.05, 4.69) is 5.32 Å². The molecule has 0 aromatic heterocycles. The molecule has 0 aromatic carbocycles. The summed E-state index contributed by atoms with van der Waals surface area (Å²) in [5.41, 5.74) is -0.644. The quantitative estimate of drug-likeness (QED) is 0.630. The Bertz CT molecular complexity index is 147. The molecule has 0 bridgehead atoms. The van der Waals surface area contributed by atoms with Gasteiger partial charge in [0.1, 0.15) is 5.41 Å². The third-order valence-electron chi connectivity index (χ3n) is 1.80. The Kier molecular flexibility index (Phi) is 3.78. The second-order valence-corrected chi connectivity index (χ2v) is 2.62. The maximum absolute atomic E-state index is 10.6. The van der Waals surface area contributed by atoms with Crippen LogP contribution in [0.25, 0.3) is 0 Å². The van der Waals surface area contributed by atoms with Crippen LogP contribution in [0, 0.1) is 5.41 Å². The van der Waals surface area contributed by atoms with Crippen molar-refractivity contribution >= 4 is 18.4 Å². The molecule has 1 saturated heterocycles. The van der Waals surface area contributed by atoms with E-state index in [9.17, 15) is 4.79 Å². The van der Waals surface area contributed by atoms with Crippen molar-refractivity contribution in [1.82, 2.24) is 5.32 Å². The van der Waals surface area contributed by atoms with E-state index in [1.54, 1.807) is 0 Å². The minimum atomic E-state index is -0.770. The molecule has 0 spiro atoms. The van der Waals surface area contributed by atoms with Crippen LogP contribution in [0.4, 0.5) is 0 Å². The molecule has 11 heavy (non-hydrogen) atoms. The van der Waals surface area contributed by atoms with Gasteiger partial charge in [-0.1, -0.05) is 0 Å². The molecule has 0 aliphatic carbocycles. The fourth-order valence-corrected chi connectivity index (χ4v) is 1.02. The van der Waals surface area contributed by atoms with Crippen molar-refractivity contribution in [3.05, 3.63) is 0 Å². The highest BCUT2D eigenvalue weighted by molar-refractivity contribution is 5.85. The molecule has 0 amide bonds. The van der Waals surface area contributed by atoms with Crippen LogP contribution in [0.3, 0.4) is 0 Å². The van der Waals surface area contributed by atoms with Gasteiger partial charge in [-0.3, -0.25) is 4.79 Å². The number of halogens is 1. The van der Waals surface area contributed by atoms with E-state index >= 15 is 0 Å². The third-order valence-corrected chi connectivity index (χ3v) is 1.80. The van der Waals surface area contributed by atoms with Gasteiger partial charge in [-0.25, -0.2) is 0 Å². The zero-order chi connectivity index (χ0) is 7.61. The Morgan fingerprint density at radius 2 is 2.27 bits per heavy atom. The zero-order valence-corrected chi connectivity index (χ0v) is 7.11. The van der Waals surface area contributed by atoms with E-state index in [1.807, 2.05) is 0 Å². The summed E-state index contributed by atoms with van der Waals surface area (Å²) in [7, 11) is 1.52. The molecule has 0 aromatic rings. The number of rotatable bonds is 3. The fraction of sp³-hybridized carbons (Fsp3) is 0.833. The van der Waals surface area contributed by atoms with Crippen molar-refractivity contribution in [2.45, 2.75) is 0 Å². The smallest absolute Gasteiger partial charge is 0.314 e. The Balaban J connectivity index is 0.000001000. The number of nitrogens with one attached hydrogen (secondary N) is 1. The number of carbonyl (C=O) groups is 1. The number of ether oxygens (including phenoxy) is 1. The van der Waals surface area contributed by atoms with Gasteiger partial charge in [-0.05, 0) is 0 Å². The van der Waals surface area contributed by atoms with E-state index in [0.29, 0.717) is 19.7 Å². The summed E-state index contributed by atoms with van der Waals surface area (Å²) < 4.78 is 4.79. The van der Waals surface area contributed by atoms with Gasteiger partial charge in [0.2, 0.25) is 0 Å².